The van der Waals surface area contributed by atoms with Crippen LogP contribution in [0.2, 0.25) is 0 Å². The van der Waals surface area contributed by atoms with Crippen molar-refractivity contribution >= 4 is 24.4 Å². The number of hydrogen-bond acceptors (Lipinski definition) is 4. The molecule has 0 radical (unpaired) electrons. The van der Waals surface area contributed by atoms with Gasteiger partial charge in [0, 0.05) is 10.7 Å². The first-order valence-electron chi connectivity index (χ1n) is 8.66. The van der Waals surface area contributed by atoms with E-state index in [2.05, 4.69) is 19.9 Å². The van der Waals surface area contributed by atoms with Gasteiger partial charge >= 0.3 is 5.97 Å². The number of carbonyl (C=O) groups is 2. The van der Waals surface area contributed by atoms with Crippen LogP contribution in [0, 0.1) is 28.6 Å². The number of carbonyl (C=O) groups excluding carboxylic acids is 2. The Morgan fingerprint density at radius 3 is 2.78 bits per heavy atom. The van der Waals surface area contributed by atoms with Gasteiger partial charge in [0.25, 0.3) is 0 Å². The molecular weight excluding hydrogens is 308 g/mol. The maximum atomic E-state index is 12.4. The number of rotatable bonds is 0. The lowest BCUT2D eigenvalue weighted by Gasteiger charge is -2.59. The number of ether oxygens (including phenoxy) is 1. The van der Waals surface area contributed by atoms with E-state index in [4.69, 9.17) is 17.4 Å². The molecule has 6 atom stereocenters. The molecule has 0 amide bonds. The lowest BCUT2D eigenvalue weighted by molar-refractivity contribution is -0.178. The third-order valence-electron chi connectivity index (χ3n) is 7.10. The number of thiol groups is 1. The van der Waals surface area contributed by atoms with Crippen LogP contribution in [0.1, 0.15) is 39.5 Å². The van der Waals surface area contributed by atoms with Crippen LogP contribution in [0.25, 0.3) is 0 Å². The van der Waals surface area contributed by atoms with E-state index < -0.39 is 0 Å². The van der Waals surface area contributed by atoms with Gasteiger partial charge in [0.15, 0.2) is 5.78 Å². The van der Waals surface area contributed by atoms with E-state index in [9.17, 15) is 9.59 Å². The number of ketones is 1. The van der Waals surface area contributed by atoms with E-state index in [0.29, 0.717) is 24.4 Å². The monoisotopic (exact) mass is 332 g/mol. The highest BCUT2D eigenvalue weighted by Crippen LogP contribution is 2.62. The molecule has 4 aliphatic rings. The van der Waals surface area contributed by atoms with Crippen molar-refractivity contribution in [2.75, 3.05) is 6.61 Å². The Balaban J connectivity index is 1.76. The number of cyclic esters (lactones) is 1. The summed E-state index contributed by atoms with van der Waals surface area (Å²) in [4.78, 5) is 24.2. The number of allylic oxidation sites excluding steroid dienone is 4. The van der Waals surface area contributed by atoms with Gasteiger partial charge in [-0.25, -0.2) is 0 Å². The highest BCUT2D eigenvalue weighted by molar-refractivity contribution is 7.81. The Labute approximate surface area is 142 Å². The van der Waals surface area contributed by atoms with Gasteiger partial charge in [-0.2, -0.15) is 12.6 Å². The minimum atomic E-state index is -0.355. The maximum Gasteiger partial charge on any atom is 0.312 e. The van der Waals surface area contributed by atoms with Gasteiger partial charge in [-0.15, -0.1) is 0 Å². The van der Waals surface area contributed by atoms with E-state index >= 15 is 0 Å². The van der Waals surface area contributed by atoms with Crippen molar-refractivity contribution in [3.63, 3.8) is 0 Å². The standard InChI is InChI=1S/C19H24O3S/c1-18-6-3-12(20)9-11(18)10-15(23)16-13(18)4-7-19(2)14(16)5-8-22-17(19)21/h3,6,9,13-16,23H,4-5,7-8,10H2,1-2H3. The second-order valence-corrected chi connectivity index (χ2v) is 8.79. The topological polar surface area (TPSA) is 43.4 Å². The third-order valence-corrected chi connectivity index (χ3v) is 7.62. The molecule has 0 aromatic rings. The average Bonchev–Trinajstić information content (AvgIpc) is 2.50. The molecule has 23 heavy (non-hydrogen) atoms. The molecule has 0 aromatic heterocycles. The zero-order valence-corrected chi connectivity index (χ0v) is 14.6. The summed E-state index contributed by atoms with van der Waals surface area (Å²) in [7, 11) is 0. The van der Waals surface area contributed by atoms with Crippen LogP contribution in [0.15, 0.2) is 23.8 Å². The normalized spacial score (nSPS) is 48.7. The van der Waals surface area contributed by atoms with Gasteiger partial charge in [0.1, 0.15) is 0 Å². The van der Waals surface area contributed by atoms with Gasteiger partial charge in [-0.05, 0) is 62.5 Å². The summed E-state index contributed by atoms with van der Waals surface area (Å²) in [6.07, 6.45) is 9.33. The Bertz CT molecular complexity index is 637. The highest BCUT2D eigenvalue weighted by Gasteiger charge is 2.60. The molecule has 1 heterocycles. The van der Waals surface area contributed by atoms with E-state index in [1.807, 2.05) is 6.08 Å². The molecule has 0 aromatic carbocycles. The lowest BCUT2D eigenvalue weighted by Crippen LogP contribution is -2.57. The van der Waals surface area contributed by atoms with Crippen molar-refractivity contribution in [3.8, 4) is 0 Å². The van der Waals surface area contributed by atoms with Crippen molar-refractivity contribution in [2.45, 2.75) is 44.8 Å². The fraction of sp³-hybridized carbons (Fsp3) is 0.684. The molecular formula is C19H24O3S. The zero-order valence-electron chi connectivity index (χ0n) is 13.7. The average molecular weight is 332 g/mol. The van der Waals surface area contributed by atoms with Crippen LogP contribution < -0.4 is 0 Å². The smallest absolute Gasteiger partial charge is 0.312 e. The van der Waals surface area contributed by atoms with Crippen LogP contribution >= 0.6 is 12.6 Å². The summed E-state index contributed by atoms with van der Waals surface area (Å²) in [5, 5.41) is 0.217. The van der Waals surface area contributed by atoms with Crippen molar-refractivity contribution in [1.82, 2.24) is 0 Å². The van der Waals surface area contributed by atoms with E-state index in [-0.39, 0.29) is 27.8 Å². The molecule has 4 heteroatoms. The van der Waals surface area contributed by atoms with E-state index in [1.54, 1.807) is 6.08 Å². The fourth-order valence-corrected chi connectivity index (χ4v) is 6.33. The largest absolute Gasteiger partial charge is 0.465 e. The molecule has 3 nitrogen and oxygen atoms in total. The van der Waals surface area contributed by atoms with E-state index in [0.717, 1.165) is 25.7 Å². The minimum Gasteiger partial charge on any atom is -0.465 e. The molecule has 4 rings (SSSR count). The molecule has 1 aliphatic heterocycles. The molecule has 0 spiro atoms. The Hall–Kier alpha value is -1.03. The second kappa shape index (κ2) is 4.98. The van der Waals surface area contributed by atoms with Gasteiger partial charge in [-0.1, -0.05) is 18.6 Å². The van der Waals surface area contributed by atoms with Gasteiger partial charge in [-0.3, -0.25) is 9.59 Å². The Morgan fingerprint density at radius 1 is 1.22 bits per heavy atom. The van der Waals surface area contributed by atoms with Crippen molar-refractivity contribution < 1.29 is 14.3 Å². The summed E-state index contributed by atoms with van der Waals surface area (Å²) >= 11 is 4.92. The molecule has 6 unspecified atom stereocenters. The second-order valence-electron chi connectivity index (χ2n) is 8.13. The summed E-state index contributed by atoms with van der Waals surface area (Å²) in [5.74, 6) is 1.28. The Morgan fingerprint density at radius 2 is 2.00 bits per heavy atom. The summed E-state index contributed by atoms with van der Waals surface area (Å²) in [6, 6.07) is 0. The molecule has 3 aliphatic carbocycles. The molecule has 3 fully saturated rings. The molecule has 2 saturated carbocycles. The predicted octanol–water partition coefficient (Wildman–Crippen LogP) is 3.36. The van der Waals surface area contributed by atoms with Crippen LogP contribution in [-0.4, -0.2) is 23.6 Å². The molecule has 1 saturated heterocycles. The lowest BCUT2D eigenvalue weighted by atomic mass is 9.47. The Kier molecular flexibility index (Phi) is 3.36. The van der Waals surface area contributed by atoms with Crippen molar-refractivity contribution in [1.29, 1.82) is 0 Å². The first kappa shape index (κ1) is 15.5. The van der Waals surface area contributed by atoms with Gasteiger partial charge in [0.05, 0.1) is 12.0 Å². The van der Waals surface area contributed by atoms with Crippen molar-refractivity contribution in [2.24, 2.45) is 28.6 Å². The number of esters is 1. The third kappa shape index (κ3) is 2.03. The first-order valence-corrected chi connectivity index (χ1v) is 9.17. The maximum absolute atomic E-state index is 12.4. The van der Waals surface area contributed by atoms with Crippen LogP contribution in [0.5, 0.6) is 0 Å². The molecule has 0 bridgehead atoms. The fourth-order valence-electron chi connectivity index (χ4n) is 5.72. The van der Waals surface area contributed by atoms with Crippen molar-refractivity contribution in [3.05, 3.63) is 23.8 Å². The first-order chi connectivity index (χ1) is 10.9. The van der Waals surface area contributed by atoms with E-state index in [1.165, 1.54) is 5.57 Å². The zero-order chi connectivity index (χ0) is 16.4. The highest BCUT2D eigenvalue weighted by atomic mass is 32.1. The molecule has 124 valence electrons. The summed E-state index contributed by atoms with van der Waals surface area (Å²) in [6.45, 7) is 4.89. The number of hydrogen-bond donors (Lipinski definition) is 1. The summed E-state index contributed by atoms with van der Waals surface area (Å²) < 4.78 is 5.38. The van der Waals surface area contributed by atoms with Crippen LogP contribution in [0.3, 0.4) is 0 Å². The summed E-state index contributed by atoms with van der Waals surface area (Å²) in [5.41, 5.74) is 0.820. The van der Waals surface area contributed by atoms with Gasteiger partial charge < -0.3 is 4.74 Å². The minimum absolute atomic E-state index is 0.0198. The quantitative estimate of drug-likeness (QED) is 0.546. The van der Waals surface area contributed by atoms with Crippen LogP contribution in [-0.2, 0) is 14.3 Å². The van der Waals surface area contributed by atoms with Crippen LogP contribution in [0.4, 0.5) is 0 Å². The predicted molar refractivity (Wildman–Crippen MR) is 91.1 cm³/mol. The molecule has 0 N–H and O–H groups in total. The van der Waals surface area contributed by atoms with Gasteiger partial charge in [0.2, 0.25) is 0 Å². The number of fused-ring (bicyclic) bond motifs is 5. The SMILES string of the molecule is CC12C=CC(=O)C=C1CC(S)C1C2CCC2(C)C(=O)OCCC12.